The fourth-order valence-corrected chi connectivity index (χ4v) is 1.99. The van der Waals surface area contributed by atoms with E-state index in [1.165, 1.54) is 0 Å². The summed E-state index contributed by atoms with van der Waals surface area (Å²) in [5.74, 6) is 0. The third kappa shape index (κ3) is 5.65. The molecule has 0 aromatic heterocycles. The molecule has 0 aromatic rings. The maximum Gasteiger partial charge on any atom is 0.107 e. The number of fused-ring (bicyclic) bond motifs is 2. The molecule has 0 saturated carbocycles. The van der Waals surface area contributed by atoms with Gasteiger partial charge in [-0.1, -0.05) is 48.6 Å². The van der Waals surface area contributed by atoms with E-state index in [9.17, 15) is 0 Å². The van der Waals surface area contributed by atoms with Crippen LogP contribution in [0.4, 0.5) is 0 Å². The topological polar surface area (TPSA) is 18.5 Å². The lowest BCUT2D eigenvalue weighted by Crippen LogP contribution is -3.00. The van der Waals surface area contributed by atoms with Gasteiger partial charge < -0.3 is 85.2 Å². The summed E-state index contributed by atoms with van der Waals surface area (Å²) in [6.45, 7) is 0. The van der Waals surface area contributed by atoms with Crippen molar-refractivity contribution in [3.63, 3.8) is 0 Å². The van der Waals surface area contributed by atoms with Crippen LogP contribution in [0.15, 0.2) is 48.6 Å². The third-order valence-corrected chi connectivity index (χ3v) is 2.70. The van der Waals surface area contributed by atoms with Gasteiger partial charge in [-0.3, -0.25) is 0 Å². The average molecular weight is 499 g/mol. The van der Waals surface area contributed by atoms with Crippen LogP contribution in [0.5, 0.6) is 0 Å². The molecule has 0 bridgehead atoms. The lowest BCUT2D eigenvalue weighted by atomic mass is 10.0. The van der Waals surface area contributed by atoms with Crippen LogP contribution in [-0.4, -0.2) is 24.4 Å². The van der Waals surface area contributed by atoms with E-state index in [-0.39, 0.29) is 100 Å². The van der Waals surface area contributed by atoms with Gasteiger partial charge in [0.15, 0.2) is 0 Å². The molecule has 19 heavy (non-hydrogen) atoms. The standard InChI is InChI=1S/C12H12O2.3BrH.2ClH/c1-2-6-10-9(5-1)13-11-7-3-4-8-12(11)14-10;;;;;/h1-12H;5*1H/p-5. The van der Waals surface area contributed by atoms with Gasteiger partial charge in [-0.25, -0.2) is 0 Å². The molecule has 0 amide bonds. The number of hydrogen-bond acceptors (Lipinski definition) is 2. The maximum atomic E-state index is 5.89. The second kappa shape index (κ2) is 11.5. The second-order valence-corrected chi connectivity index (χ2v) is 3.67. The monoisotopic (exact) mass is 495 g/mol. The van der Waals surface area contributed by atoms with Crippen molar-refractivity contribution in [1.82, 2.24) is 0 Å². The minimum absolute atomic E-state index is 0. The highest BCUT2D eigenvalue weighted by Gasteiger charge is 2.35. The van der Waals surface area contributed by atoms with Gasteiger partial charge in [0.25, 0.3) is 0 Å². The Morgan fingerprint density at radius 3 is 0.895 bits per heavy atom. The minimum Gasteiger partial charge on any atom is -1.00 e. The molecule has 4 unspecified atom stereocenters. The van der Waals surface area contributed by atoms with E-state index < -0.39 is 0 Å². The van der Waals surface area contributed by atoms with Gasteiger partial charge in [-0.2, -0.15) is 0 Å². The summed E-state index contributed by atoms with van der Waals surface area (Å²) >= 11 is 0. The number of ether oxygens (including phenoxy) is 2. The van der Waals surface area contributed by atoms with Crippen LogP contribution in [0.3, 0.4) is 0 Å². The second-order valence-electron chi connectivity index (χ2n) is 3.67. The molecule has 1 fully saturated rings. The van der Waals surface area contributed by atoms with Gasteiger partial charge in [-0.05, 0) is 0 Å². The lowest BCUT2D eigenvalue weighted by Gasteiger charge is -2.39. The van der Waals surface area contributed by atoms with Crippen LogP contribution in [0.25, 0.3) is 0 Å². The van der Waals surface area contributed by atoms with Crippen molar-refractivity contribution in [1.29, 1.82) is 0 Å². The zero-order valence-corrected chi connectivity index (χ0v) is 15.9. The van der Waals surface area contributed by atoms with Gasteiger partial charge in [-0.15, -0.1) is 0 Å². The van der Waals surface area contributed by atoms with E-state index >= 15 is 0 Å². The Bertz CT molecular complexity index is 293. The van der Waals surface area contributed by atoms with Gasteiger partial charge in [0.2, 0.25) is 0 Å². The SMILES string of the molecule is C1=CC2OC3C=CC=CC3OC2C=C1.[Br-].[Br-].[Br-].[Cl-].[Cl-]. The highest BCUT2D eigenvalue weighted by Crippen LogP contribution is 2.27. The number of hydrogen-bond donors (Lipinski definition) is 0. The first-order chi connectivity index (χ1) is 6.93. The average Bonchev–Trinajstić information content (AvgIpc) is 2.26. The Hall–Kier alpha value is 0.900. The molecule has 1 heterocycles. The molecule has 0 N–H and O–H groups in total. The van der Waals surface area contributed by atoms with Crippen LogP contribution in [0, 0.1) is 0 Å². The molecule has 3 aliphatic rings. The Labute approximate surface area is 157 Å². The summed E-state index contributed by atoms with van der Waals surface area (Å²) in [6.07, 6.45) is 16.5. The molecule has 3 rings (SSSR count). The fourth-order valence-electron chi connectivity index (χ4n) is 1.99. The Morgan fingerprint density at radius 1 is 0.474 bits per heavy atom. The van der Waals surface area contributed by atoms with Crippen molar-refractivity contribution < 1.29 is 85.2 Å². The van der Waals surface area contributed by atoms with Crippen LogP contribution >= 0.6 is 0 Å². The van der Waals surface area contributed by atoms with Crippen molar-refractivity contribution in [2.75, 3.05) is 0 Å². The Balaban J connectivity index is -0.000000512. The van der Waals surface area contributed by atoms with Crippen molar-refractivity contribution in [2.24, 2.45) is 0 Å². The van der Waals surface area contributed by atoms with Crippen LogP contribution in [0.1, 0.15) is 0 Å². The molecule has 7 heteroatoms. The molecule has 1 saturated heterocycles. The first-order valence-electron chi connectivity index (χ1n) is 4.94. The molecule has 0 aromatic carbocycles. The van der Waals surface area contributed by atoms with Crippen LogP contribution < -0.4 is 75.8 Å². The highest BCUT2D eigenvalue weighted by atomic mass is 79.9. The fraction of sp³-hybridized carbons (Fsp3) is 0.333. The largest absolute Gasteiger partial charge is 1.00 e. The lowest BCUT2D eigenvalue weighted by molar-refractivity contribution is -0.160. The molecule has 112 valence electrons. The van der Waals surface area contributed by atoms with E-state index in [2.05, 4.69) is 0 Å². The summed E-state index contributed by atoms with van der Waals surface area (Å²) in [5, 5.41) is 0. The van der Waals surface area contributed by atoms with Crippen molar-refractivity contribution in [3.05, 3.63) is 48.6 Å². The molecule has 0 spiro atoms. The van der Waals surface area contributed by atoms with E-state index in [1.54, 1.807) is 0 Å². The Morgan fingerprint density at radius 2 is 0.684 bits per heavy atom. The number of rotatable bonds is 0. The third-order valence-electron chi connectivity index (χ3n) is 2.70. The van der Waals surface area contributed by atoms with Gasteiger partial charge in [0.05, 0.1) is 0 Å². The van der Waals surface area contributed by atoms with E-state index in [0.29, 0.717) is 0 Å². The molecule has 2 aliphatic carbocycles. The molecule has 2 nitrogen and oxygen atoms in total. The van der Waals surface area contributed by atoms with E-state index in [4.69, 9.17) is 9.47 Å². The molecule has 4 atom stereocenters. The smallest absolute Gasteiger partial charge is 0.107 e. The zero-order chi connectivity index (χ0) is 9.38. The normalized spacial score (nSPS) is 32.0. The van der Waals surface area contributed by atoms with Crippen molar-refractivity contribution in [3.8, 4) is 0 Å². The summed E-state index contributed by atoms with van der Waals surface area (Å²) in [5.41, 5.74) is 0. The number of halogens is 5. The van der Waals surface area contributed by atoms with Gasteiger partial charge >= 0.3 is 0 Å². The first-order valence-corrected chi connectivity index (χ1v) is 4.94. The van der Waals surface area contributed by atoms with Crippen LogP contribution in [-0.2, 0) is 9.47 Å². The van der Waals surface area contributed by atoms with E-state index in [0.717, 1.165) is 0 Å². The maximum absolute atomic E-state index is 5.89. The molecule has 1 aliphatic heterocycles. The molecular formula is C12H12Br3Cl2O2-5. The Kier molecular flexibility index (Phi) is 15.1. The summed E-state index contributed by atoms with van der Waals surface area (Å²) < 4.78 is 11.8. The predicted octanol–water partition coefficient (Wildman–Crippen LogP) is -13.2. The van der Waals surface area contributed by atoms with Gasteiger partial charge in [0.1, 0.15) is 24.4 Å². The first kappa shape index (κ1) is 24.9. The van der Waals surface area contributed by atoms with Gasteiger partial charge in [0, 0.05) is 0 Å². The quantitative estimate of drug-likeness (QED) is 0.330. The highest BCUT2D eigenvalue weighted by molar-refractivity contribution is 5.23. The van der Waals surface area contributed by atoms with E-state index in [1.807, 2.05) is 48.6 Å². The van der Waals surface area contributed by atoms with Crippen LogP contribution in [0.2, 0.25) is 0 Å². The minimum atomic E-state index is 0. The number of allylic oxidation sites excluding steroid dienone is 4. The van der Waals surface area contributed by atoms with Crippen molar-refractivity contribution >= 4 is 0 Å². The summed E-state index contributed by atoms with van der Waals surface area (Å²) in [4.78, 5) is 0. The zero-order valence-electron chi connectivity index (χ0n) is 9.63. The summed E-state index contributed by atoms with van der Waals surface area (Å²) in [6, 6.07) is 0. The molecular weight excluding hydrogens is 487 g/mol. The van der Waals surface area contributed by atoms with Crippen molar-refractivity contribution in [2.45, 2.75) is 24.4 Å². The summed E-state index contributed by atoms with van der Waals surface area (Å²) in [7, 11) is 0. The molecule has 0 radical (unpaired) electrons. The predicted molar refractivity (Wildman–Crippen MR) is 53.9 cm³/mol.